The second kappa shape index (κ2) is 12.1. The maximum atomic E-state index is 9.87. The summed E-state index contributed by atoms with van der Waals surface area (Å²) >= 11 is 0. The van der Waals surface area contributed by atoms with E-state index in [4.69, 9.17) is 0 Å². The molecule has 0 amide bonds. The molecule has 0 aliphatic rings. The number of rotatable bonds is 14. The second-order valence-electron chi connectivity index (χ2n) is 7.32. The van der Waals surface area contributed by atoms with Crippen molar-refractivity contribution < 1.29 is 25.2 Å². The van der Waals surface area contributed by atoms with Crippen LogP contribution in [0.3, 0.4) is 0 Å². The Balaban J connectivity index is 0. The van der Waals surface area contributed by atoms with Crippen LogP contribution in [-0.2, 0) is 0 Å². The summed E-state index contributed by atoms with van der Waals surface area (Å²) in [4.78, 5) is 0. The van der Waals surface area contributed by atoms with Gasteiger partial charge in [0.15, 0.2) is 0 Å². The van der Waals surface area contributed by atoms with E-state index in [1.54, 1.807) is 24.6 Å². The molecule has 0 aromatic carbocycles. The molecule has 8 heteroatoms. The van der Waals surface area contributed by atoms with Gasteiger partial charge in [0.1, 0.15) is 0 Å². The normalized spacial score (nSPS) is 15.0. The van der Waals surface area contributed by atoms with Gasteiger partial charge >= 0.3 is 33.0 Å². The van der Waals surface area contributed by atoms with Crippen LogP contribution < -0.4 is 0 Å². The van der Waals surface area contributed by atoms with Gasteiger partial charge in [-0.3, -0.25) is 0 Å². The second-order valence-corrected chi connectivity index (χ2v) is 13.7. The van der Waals surface area contributed by atoms with Crippen LogP contribution in [0.5, 0.6) is 0 Å². The van der Waals surface area contributed by atoms with E-state index in [2.05, 4.69) is 27.7 Å². The molecular formula is C18H40F6P2. The Labute approximate surface area is 157 Å². The zero-order chi connectivity index (χ0) is 20.8. The average Bonchev–Trinajstić information content (AvgIpc) is 2.49. The zero-order valence-electron chi connectivity index (χ0n) is 17.1. The third-order valence-electron chi connectivity index (χ3n) is 4.44. The van der Waals surface area contributed by atoms with Crippen LogP contribution in [0.25, 0.3) is 0 Å². The Kier molecular flexibility index (Phi) is 13.3. The van der Waals surface area contributed by atoms with E-state index in [0.717, 1.165) is 0 Å². The first-order chi connectivity index (χ1) is 11.7. The molecule has 0 aliphatic carbocycles. The molecule has 0 fully saturated rings. The van der Waals surface area contributed by atoms with E-state index >= 15 is 0 Å². The molecular weight excluding hydrogens is 392 g/mol. The van der Waals surface area contributed by atoms with Gasteiger partial charge < -0.3 is 0 Å². The fourth-order valence-corrected chi connectivity index (χ4v) is 8.22. The summed E-state index contributed by atoms with van der Waals surface area (Å²) in [5.74, 6) is 0. The molecule has 0 spiro atoms. The minimum absolute atomic E-state index is 0.586. The number of hydrogen-bond acceptors (Lipinski definition) is 0. The summed E-state index contributed by atoms with van der Waals surface area (Å²) < 4.78 is 59.2. The van der Waals surface area contributed by atoms with Crippen LogP contribution in [0.2, 0.25) is 0 Å². The van der Waals surface area contributed by atoms with E-state index in [1.807, 2.05) is 0 Å². The van der Waals surface area contributed by atoms with Crippen molar-refractivity contribution in [2.24, 2.45) is 0 Å². The van der Waals surface area contributed by atoms with Crippen LogP contribution >= 0.6 is 15.1 Å². The fourth-order valence-electron chi connectivity index (χ4n) is 3.03. The summed E-state index contributed by atoms with van der Waals surface area (Å²) in [6, 6.07) is 0. The van der Waals surface area contributed by atoms with E-state index in [0.29, 0.717) is 0 Å². The van der Waals surface area contributed by atoms with Crippen LogP contribution in [0.1, 0.15) is 91.9 Å². The predicted molar refractivity (Wildman–Crippen MR) is 109 cm³/mol. The van der Waals surface area contributed by atoms with Crippen molar-refractivity contribution in [2.45, 2.75) is 91.9 Å². The summed E-state index contributed by atoms with van der Waals surface area (Å²) in [5.41, 5.74) is 0. The first-order valence-electron chi connectivity index (χ1n) is 10.1. The van der Waals surface area contributed by atoms with Crippen molar-refractivity contribution in [3.63, 3.8) is 0 Å². The number of halogens is 6. The summed E-state index contributed by atoms with van der Waals surface area (Å²) in [5, 5.41) is 0. The van der Waals surface area contributed by atoms with E-state index in [-0.39, 0.29) is 0 Å². The van der Waals surface area contributed by atoms with Crippen molar-refractivity contribution in [1.29, 1.82) is 0 Å². The zero-order valence-corrected chi connectivity index (χ0v) is 18.9. The maximum absolute atomic E-state index is 10.7. The first-order valence-corrected chi connectivity index (χ1v) is 14.7. The van der Waals surface area contributed by atoms with E-state index < -0.39 is 15.1 Å². The van der Waals surface area contributed by atoms with Crippen molar-refractivity contribution >= 4 is 15.1 Å². The molecule has 0 aliphatic heterocycles. The molecule has 26 heavy (non-hydrogen) atoms. The predicted octanol–water partition coefficient (Wildman–Crippen LogP) is 10.4. The van der Waals surface area contributed by atoms with Gasteiger partial charge in [0.25, 0.3) is 0 Å². The molecule has 0 saturated heterocycles. The summed E-state index contributed by atoms with van der Waals surface area (Å²) in [7, 11) is -11.2. The van der Waals surface area contributed by atoms with Gasteiger partial charge in [-0.05, 0) is 32.1 Å². The first kappa shape index (κ1) is 28.6. The molecule has 0 atom stereocenters. The van der Waals surface area contributed by atoms with Crippen LogP contribution in [0.4, 0.5) is 25.2 Å². The molecule has 0 unspecified atom stereocenters. The summed E-state index contributed by atoms with van der Waals surface area (Å²) in [6.45, 7) is 9.43. The van der Waals surface area contributed by atoms with Crippen molar-refractivity contribution in [3.05, 3.63) is 0 Å². The minimum atomic E-state index is -10.7. The van der Waals surface area contributed by atoms with Gasteiger partial charge in [0.2, 0.25) is 0 Å². The molecule has 0 heterocycles. The number of hydrogen-bond donors (Lipinski definition) is 0. The van der Waals surface area contributed by atoms with Gasteiger partial charge in [0, 0.05) is 7.26 Å². The Morgan fingerprint density at radius 2 is 0.731 bits per heavy atom. The van der Waals surface area contributed by atoms with Crippen LogP contribution in [0.15, 0.2) is 0 Å². The van der Waals surface area contributed by atoms with Crippen molar-refractivity contribution in [1.82, 2.24) is 0 Å². The Bertz CT molecular complexity index is 306. The standard InChI is InChI=1S/C18H40P.F6P/c1-5-9-13-14-18-19(15-10-6-2,16-11-7-3)17-12-8-4;1-7(2,3,4,5)6/h5-18H2,1-4H3;/q+1;-1. The molecule has 0 radical (unpaired) electrons. The molecule has 0 saturated carbocycles. The Hall–Kier alpha value is 0.440. The van der Waals surface area contributed by atoms with Gasteiger partial charge in [0.05, 0.1) is 24.6 Å². The fraction of sp³-hybridized carbons (Fsp3) is 1.00. The Morgan fingerprint density at radius 3 is 1.00 bits per heavy atom. The van der Waals surface area contributed by atoms with E-state index in [1.165, 1.54) is 64.2 Å². The molecule has 0 aromatic heterocycles. The number of unbranched alkanes of at least 4 members (excludes halogenated alkanes) is 6. The van der Waals surface area contributed by atoms with Crippen molar-refractivity contribution in [3.8, 4) is 0 Å². The third-order valence-corrected chi connectivity index (χ3v) is 9.50. The average molecular weight is 432 g/mol. The Morgan fingerprint density at radius 1 is 0.462 bits per heavy atom. The molecule has 0 rings (SSSR count). The molecule has 164 valence electrons. The SMILES string of the molecule is CCCCCC[P+](CCCC)(CCCC)CCCC.F[P-](F)(F)(F)(F)F. The molecule has 0 aromatic rings. The third kappa shape index (κ3) is 26.7. The molecule has 0 N–H and O–H groups in total. The summed E-state index contributed by atoms with van der Waals surface area (Å²) in [6.07, 6.45) is 21.0. The van der Waals surface area contributed by atoms with Crippen LogP contribution in [-0.4, -0.2) is 24.6 Å². The monoisotopic (exact) mass is 432 g/mol. The van der Waals surface area contributed by atoms with Gasteiger partial charge in [-0.1, -0.05) is 59.8 Å². The van der Waals surface area contributed by atoms with Gasteiger partial charge in [-0.15, -0.1) is 0 Å². The topological polar surface area (TPSA) is 0 Å². The van der Waals surface area contributed by atoms with Crippen LogP contribution in [0, 0.1) is 0 Å². The molecule has 0 nitrogen and oxygen atoms in total. The quantitative estimate of drug-likeness (QED) is 0.145. The molecule has 0 bridgehead atoms. The van der Waals surface area contributed by atoms with Gasteiger partial charge in [-0.25, -0.2) is 0 Å². The van der Waals surface area contributed by atoms with Crippen molar-refractivity contribution in [2.75, 3.05) is 24.6 Å². The van der Waals surface area contributed by atoms with Gasteiger partial charge in [-0.2, -0.15) is 0 Å². The van der Waals surface area contributed by atoms with E-state index in [9.17, 15) is 25.2 Å².